The lowest BCUT2D eigenvalue weighted by atomic mass is 9.97. The minimum absolute atomic E-state index is 0.0127. The van der Waals surface area contributed by atoms with Crippen molar-refractivity contribution in [3.63, 3.8) is 0 Å². The zero-order chi connectivity index (χ0) is 20.7. The summed E-state index contributed by atoms with van der Waals surface area (Å²) in [5.41, 5.74) is 2.35. The van der Waals surface area contributed by atoms with Crippen LogP contribution in [0.4, 0.5) is 0 Å². The molecule has 7 nitrogen and oxygen atoms in total. The molecule has 4 aromatic rings. The van der Waals surface area contributed by atoms with E-state index in [-0.39, 0.29) is 11.3 Å². The van der Waals surface area contributed by atoms with Gasteiger partial charge in [0, 0.05) is 16.4 Å². The lowest BCUT2D eigenvalue weighted by Gasteiger charge is -2.10. The molecule has 154 valence electrons. The van der Waals surface area contributed by atoms with Crippen LogP contribution in [0.25, 0.3) is 16.0 Å². The molecule has 0 amide bonds. The molecule has 0 spiro atoms. The highest BCUT2D eigenvalue weighted by atomic mass is 32.2. The number of nitrogens with one attached hydrogen (secondary N) is 1. The van der Waals surface area contributed by atoms with E-state index < -0.39 is 5.97 Å². The first-order chi connectivity index (χ1) is 14.6. The molecule has 1 aliphatic rings. The van der Waals surface area contributed by atoms with E-state index >= 15 is 0 Å². The van der Waals surface area contributed by atoms with Crippen LogP contribution in [0.15, 0.2) is 40.3 Å². The van der Waals surface area contributed by atoms with Crippen molar-refractivity contribution < 1.29 is 14.3 Å². The number of hydrogen-bond donors (Lipinski definition) is 2. The van der Waals surface area contributed by atoms with Crippen molar-refractivity contribution in [2.45, 2.75) is 43.8 Å². The maximum atomic E-state index is 13.6. The number of aromatic nitrogens is 4. The molecule has 30 heavy (non-hydrogen) atoms. The highest BCUT2D eigenvalue weighted by Gasteiger charge is 2.29. The first-order valence-electron chi connectivity index (χ1n) is 9.99. The minimum atomic E-state index is -0.893. The summed E-state index contributed by atoms with van der Waals surface area (Å²) in [4.78, 5) is 26.8. The van der Waals surface area contributed by atoms with Gasteiger partial charge in [0.25, 0.3) is 0 Å². The Balaban J connectivity index is 1.70. The van der Waals surface area contributed by atoms with Crippen molar-refractivity contribution in [2.75, 3.05) is 5.75 Å². The smallest absolute Gasteiger partial charge is 0.358 e. The number of aryl methyl sites for hydroxylation is 4. The van der Waals surface area contributed by atoms with Gasteiger partial charge >= 0.3 is 22.5 Å². The largest absolute Gasteiger partial charge is 0.481 e. The van der Waals surface area contributed by atoms with E-state index in [9.17, 15) is 9.59 Å². The van der Waals surface area contributed by atoms with Crippen molar-refractivity contribution in [2.24, 2.45) is 0 Å². The molecule has 0 aliphatic heterocycles. The molecular weight excluding hydrogens is 420 g/mol. The molecule has 5 rings (SSSR count). The van der Waals surface area contributed by atoms with Crippen molar-refractivity contribution in [1.29, 1.82) is 0 Å². The number of hydrogen-bond acceptors (Lipinski definition) is 5. The Labute approximate surface area is 180 Å². The van der Waals surface area contributed by atoms with Crippen LogP contribution >= 0.6 is 23.1 Å². The number of aromatic amines is 1. The van der Waals surface area contributed by atoms with Crippen molar-refractivity contribution in [3.8, 4) is 0 Å². The number of H-pyrrole nitrogens is 1. The Morgan fingerprint density at radius 2 is 2.07 bits per heavy atom. The number of rotatable bonds is 6. The van der Waals surface area contributed by atoms with Gasteiger partial charge in [-0.2, -0.15) is 4.40 Å². The number of thioether (sulfide) groups is 1. The standard InChI is InChI=1S/C21H20N4O3S2/c26-16(27)12-29-21-23-22-20-24(11-10-13-6-2-1-3-7-13)18(28)17-14-8-4-5-9-15(14)30-19(17)25(20)21/h1-3,6-7H,4-5,8-12H2,(H,26,27)/p+1. The molecule has 0 radical (unpaired) electrons. The summed E-state index contributed by atoms with van der Waals surface area (Å²) in [7, 11) is 0. The van der Waals surface area contributed by atoms with Crippen molar-refractivity contribution in [3.05, 3.63) is 56.7 Å². The average Bonchev–Trinajstić information content (AvgIpc) is 3.34. The van der Waals surface area contributed by atoms with Crippen LogP contribution in [-0.2, 0) is 30.6 Å². The maximum absolute atomic E-state index is 13.6. The summed E-state index contributed by atoms with van der Waals surface area (Å²) in [6.45, 7) is 0.526. The second kappa shape index (κ2) is 7.88. The maximum Gasteiger partial charge on any atom is 0.358 e. The van der Waals surface area contributed by atoms with Gasteiger partial charge in [0.1, 0.15) is 11.1 Å². The van der Waals surface area contributed by atoms with Crippen LogP contribution < -0.4 is 9.96 Å². The topological polar surface area (TPSA) is 92.1 Å². The third kappa shape index (κ3) is 3.31. The average molecular weight is 442 g/mol. The van der Waals surface area contributed by atoms with Gasteiger partial charge in [-0.25, -0.2) is 4.57 Å². The molecule has 0 atom stereocenters. The Morgan fingerprint density at radius 3 is 2.87 bits per heavy atom. The van der Waals surface area contributed by atoms with Crippen LogP contribution in [0, 0.1) is 0 Å². The normalized spacial score (nSPS) is 13.7. The van der Waals surface area contributed by atoms with Crippen LogP contribution in [0.1, 0.15) is 28.8 Å². The monoisotopic (exact) mass is 441 g/mol. The van der Waals surface area contributed by atoms with Gasteiger partial charge < -0.3 is 5.11 Å². The summed E-state index contributed by atoms with van der Waals surface area (Å²) in [5, 5.41) is 17.8. The van der Waals surface area contributed by atoms with E-state index in [2.05, 4.69) is 22.3 Å². The zero-order valence-corrected chi connectivity index (χ0v) is 17.9. The molecule has 3 heterocycles. The summed E-state index contributed by atoms with van der Waals surface area (Å²) in [5.74, 6) is -0.367. The fourth-order valence-electron chi connectivity index (χ4n) is 4.13. The number of carboxylic acids is 1. The van der Waals surface area contributed by atoms with E-state index in [1.54, 1.807) is 15.9 Å². The number of thiophene rings is 1. The number of fused-ring (bicyclic) bond motifs is 5. The number of carbonyl (C=O) groups is 1. The van der Waals surface area contributed by atoms with Crippen molar-refractivity contribution >= 4 is 45.1 Å². The van der Waals surface area contributed by atoms with Gasteiger partial charge in [-0.15, -0.1) is 16.4 Å². The Kier molecular flexibility index (Phi) is 5.08. The van der Waals surface area contributed by atoms with Crippen LogP contribution in [0.5, 0.6) is 0 Å². The fourth-order valence-corrected chi connectivity index (χ4v) is 6.24. The van der Waals surface area contributed by atoms with E-state index in [1.165, 1.54) is 22.2 Å². The minimum Gasteiger partial charge on any atom is -0.481 e. The Morgan fingerprint density at radius 1 is 1.27 bits per heavy atom. The third-order valence-corrected chi connectivity index (χ3v) is 7.72. The molecule has 1 aromatic carbocycles. The first kappa shape index (κ1) is 19.3. The molecule has 1 aliphatic carbocycles. The SMILES string of the molecule is O=C(O)CSc1n[nH]c2n(CCc3ccccc3)c(=O)c3c4c(sc3[n+]12)CCCC4. The summed E-state index contributed by atoms with van der Waals surface area (Å²) < 4.78 is 3.70. The molecule has 0 fully saturated rings. The van der Waals surface area contributed by atoms with Gasteiger partial charge in [0.15, 0.2) is 4.83 Å². The second-order valence-corrected chi connectivity index (χ2v) is 9.46. The molecule has 0 unspecified atom stereocenters. The predicted octanol–water partition coefficient (Wildman–Crippen LogP) is 2.82. The van der Waals surface area contributed by atoms with E-state index in [0.717, 1.165) is 47.9 Å². The van der Waals surface area contributed by atoms with E-state index in [0.29, 0.717) is 17.5 Å². The van der Waals surface area contributed by atoms with Gasteiger partial charge in [-0.05, 0) is 48.6 Å². The van der Waals surface area contributed by atoms with E-state index in [4.69, 9.17) is 5.11 Å². The van der Waals surface area contributed by atoms with Crippen LogP contribution in [0.3, 0.4) is 0 Å². The predicted molar refractivity (Wildman–Crippen MR) is 117 cm³/mol. The second-order valence-electron chi connectivity index (χ2n) is 7.43. The van der Waals surface area contributed by atoms with Crippen LogP contribution in [0.2, 0.25) is 0 Å². The number of carboxylic acid groups (broad SMARTS) is 1. The molecule has 0 saturated carbocycles. The number of nitrogens with zero attached hydrogens (tertiary/aromatic N) is 3. The lowest BCUT2D eigenvalue weighted by molar-refractivity contribution is -0.528. The lowest BCUT2D eigenvalue weighted by Crippen LogP contribution is -2.35. The molecule has 9 heteroatoms. The molecular formula is C21H21N4O3S2+. The quantitative estimate of drug-likeness (QED) is 0.355. The highest BCUT2D eigenvalue weighted by molar-refractivity contribution is 7.99. The van der Waals surface area contributed by atoms with Gasteiger partial charge in [-0.3, -0.25) is 9.59 Å². The van der Waals surface area contributed by atoms with Crippen LogP contribution in [-0.4, -0.2) is 31.6 Å². The summed E-state index contributed by atoms with van der Waals surface area (Å²) in [6, 6.07) is 10.1. The van der Waals surface area contributed by atoms with Crippen molar-refractivity contribution in [1.82, 2.24) is 14.8 Å². The number of benzene rings is 1. The molecule has 2 N–H and O–H groups in total. The highest BCUT2D eigenvalue weighted by Crippen LogP contribution is 2.33. The number of aliphatic carboxylic acids is 1. The first-order valence-corrected chi connectivity index (χ1v) is 11.8. The summed E-state index contributed by atoms with van der Waals surface area (Å²) >= 11 is 2.82. The van der Waals surface area contributed by atoms with Gasteiger partial charge in [0.2, 0.25) is 0 Å². The fraction of sp³-hybridized carbons (Fsp3) is 0.333. The Bertz CT molecular complexity index is 1310. The zero-order valence-electron chi connectivity index (χ0n) is 16.3. The molecule has 0 bridgehead atoms. The van der Waals surface area contributed by atoms with Gasteiger partial charge in [0.05, 0.1) is 6.54 Å². The van der Waals surface area contributed by atoms with Gasteiger partial charge in [-0.1, -0.05) is 30.3 Å². The third-order valence-electron chi connectivity index (χ3n) is 5.52. The Hall–Kier alpha value is -2.65. The summed E-state index contributed by atoms with van der Waals surface area (Å²) in [6.07, 6.45) is 4.88. The molecule has 0 saturated heterocycles. The molecule has 3 aromatic heterocycles. The van der Waals surface area contributed by atoms with E-state index in [1.807, 2.05) is 22.6 Å².